The molecule has 38 heavy (non-hydrogen) atoms. The second-order valence-electron chi connectivity index (χ2n) is 7.93. The van der Waals surface area contributed by atoms with Gasteiger partial charge < -0.3 is 26.2 Å². The molecule has 3 amide bonds. The molecular weight excluding hydrogens is 520 g/mol. The summed E-state index contributed by atoms with van der Waals surface area (Å²) in [6.45, 7) is -0.344. The molecule has 0 aliphatic heterocycles. The number of carbonyl (C=O) groups excluding carboxylic acids is 3. The van der Waals surface area contributed by atoms with Crippen LogP contribution in [-0.4, -0.2) is 51.4 Å². The minimum atomic E-state index is -1.52. The summed E-state index contributed by atoms with van der Waals surface area (Å²) < 4.78 is 0. The van der Waals surface area contributed by atoms with E-state index in [0.29, 0.717) is 5.56 Å². The maximum atomic E-state index is 12.7. The normalized spacial score (nSPS) is 11.2. The van der Waals surface area contributed by atoms with Crippen molar-refractivity contribution >= 4 is 41.0 Å². The number of phenols is 1. The molecule has 196 valence electrons. The molecular formula is C25H21ClN4O8. The highest BCUT2D eigenvalue weighted by atomic mass is 35.5. The third-order valence-corrected chi connectivity index (χ3v) is 5.56. The Hall–Kier alpha value is -4.97. The number of rotatable bonds is 10. The number of aromatic hydroxyl groups is 1. The van der Waals surface area contributed by atoms with E-state index in [1.807, 2.05) is 0 Å². The summed E-state index contributed by atoms with van der Waals surface area (Å²) in [6, 6.07) is 13.3. The molecule has 3 rings (SSSR count). The number of nitro benzene ring substituents is 1. The van der Waals surface area contributed by atoms with Crippen LogP contribution in [0.2, 0.25) is 5.02 Å². The number of carbonyl (C=O) groups is 4. The standard InChI is InChI=1S/C25H21ClN4O8/c26-20-11-16(23(33)27-12-14-2-1-3-18(31)10-14)6-9-19(20)24(34)29-21(25(35)36)13-28-22(32)15-4-7-17(8-5-15)30(37)38/h1-11,21,31H,12-13H2,(H,27,33)(H,28,32)(H,29,34)(H,35,36)/t21-/m0/s1. The number of nitrogens with one attached hydrogen (secondary N) is 3. The van der Waals surface area contributed by atoms with Crippen LogP contribution in [0.1, 0.15) is 36.6 Å². The van der Waals surface area contributed by atoms with E-state index in [0.717, 1.165) is 12.1 Å². The highest BCUT2D eigenvalue weighted by Gasteiger charge is 2.23. The molecule has 5 N–H and O–H groups in total. The van der Waals surface area contributed by atoms with E-state index >= 15 is 0 Å². The van der Waals surface area contributed by atoms with Gasteiger partial charge in [-0.25, -0.2) is 4.79 Å². The molecule has 0 spiro atoms. The zero-order valence-electron chi connectivity index (χ0n) is 19.5. The Morgan fingerprint density at radius 2 is 1.55 bits per heavy atom. The first-order chi connectivity index (χ1) is 18.0. The van der Waals surface area contributed by atoms with Crippen LogP contribution in [0.15, 0.2) is 66.7 Å². The third-order valence-electron chi connectivity index (χ3n) is 5.25. The monoisotopic (exact) mass is 540 g/mol. The fraction of sp³-hybridized carbons (Fsp3) is 0.120. The van der Waals surface area contributed by atoms with Crippen molar-refractivity contribution in [1.82, 2.24) is 16.0 Å². The molecule has 0 aliphatic rings. The average Bonchev–Trinajstić information content (AvgIpc) is 2.89. The van der Waals surface area contributed by atoms with Gasteiger partial charge >= 0.3 is 5.97 Å². The molecule has 3 aromatic rings. The van der Waals surface area contributed by atoms with Crippen LogP contribution < -0.4 is 16.0 Å². The molecule has 0 bridgehead atoms. The van der Waals surface area contributed by atoms with Crippen LogP contribution in [0.4, 0.5) is 5.69 Å². The van der Waals surface area contributed by atoms with Gasteiger partial charge in [0.15, 0.2) is 0 Å². The van der Waals surface area contributed by atoms with Crippen LogP contribution >= 0.6 is 11.6 Å². The summed E-state index contributed by atoms with van der Waals surface area (Å²) in [6.07, 6.45) is 0. The smallest absolute Gasteiger partial charge is 0.328 e. The number of benzene rings is 3. The lowest BCUT2D eigenvalue weighted by molar-refractivity contribution is -0.384. The van der Waals surface area contributed by atoms with Crippen LogP contribution in [-0.2, 0) is 11.3 Å². The SMILES string of the molecule is O=C(NCc1cccc(O)c1)c1ccc(C(=O)N[C@@H](CNC(=O)c2ccc([N+](=O)[O-])cc2)C(=O)O)c(Cl)c1. The summed E-state index contributed by atoms with van der Waals surface area (Å²) in [5.41, 5.74) is 0.572. The lowest BCUT2D eigenvalue weighted by Gasteiger charge is -2.16. The van der Waals surface area contributed by atoms with Crippen molar-refractivity contribution < 1.29 is 34.3 Å². The van der Waals surface area contributed by atoms with Gasteiger partial charge in [0.1, 0.15) is 11.8 Å². The number of amides is 3. The zero-order valence-corrected chi connectivity index (χ0v) is 20.3. The van der Waals surface area contributed by atoms with Crippen LogP contribution in [0.3, 0.4) is 0 Å². The Labute approximate surface area is 220 Å². The molecule has 3 aromatic carbocycles. The van der Waals surface area contributed by atoms with Crippen molar-refractivity contribution in [3.05, 3.63) is 104 Å². The number of aliphatic carboxylic acids is 1. The van der Waals surface area contributed by atoms with E-state index in [1.165, 1.54) is 42.5 Å². The van der Waals surface area contributed by atoms with E-state index in [1.54, 1.807) is 12.1 Å². The molecule has 0 heterocycles. The highest BCUT2D eigenvalue weighted by Crippen LogP contribution is 2.19. The number of carboxylic acid groups (broad SMARTS) is 1. The van der Waals surface area contributed by atoms with Crippen molar-refractivity contribution in [3.63, 3.8) is 0 Å². The molecule has 0 radical (unpaired) electrons. The highest BCUT2D eigenvalue weighted by molar-refractivity contribution is 6.34. The number of phenolic OH excluding ortho intramolecular Hbond substituents is 1. The quantitative estimate of drug-likeness (QED) is 0.191. The Morgan fingerprint density at radius 1 is 0.895 bits per heavy atom. The molecule has 0 saturated carbocycles. The molecule has 12 nitrogen and oxygen atoms in total. The Bertz CT molecular complexity index is 1390. The topological polar surface area (TPSA) is 188 Å². The van der Waals surface area contributed by atoms with Gasteiger partial charge in [-0.15, -0.1) is 0 Å². The van der Waals surface area contributed by atoms with Gasteiger partial charge in [0.25, 0.3) is 23.4 Å². The van der Waals surface area contributed by atoms with E-state index < -0.39 is 41.2 Å². The lowest BCUT2D eigenvalue weighted by atomic mass is 10.1. The lowest BCUT2D eigenvalue weighted by Crippen LogP contribution is -2.48. The largest absolute Gasteiger partial charge is 0.508 e. The number of hydrogen-bond acceptors (Lipinski definition) is 7. The first kappa shape index (κ1) is 27.6. The zero-order chi connectivity index (χ0) is 27.8. The third kappa shape index (κ3) is 7.27. The van der Waals surface area contributed by atoms with Gasteiger partial charge in [-0.2, -0.15) is 0 Å². The number of non-ortho nitro benzene ring substituents is 1. The molecule has 0 saturated heterocycles. The minimum Gasteiger partial charge on any atom is -0.508 e. The molecule has 0 fully saturated rings. The van der Waals surface area contributed by atoms with E-state index in [2.05, 4.69) is 16.0 Å². The van der Waals surface area contributed by atoms with Gasteiger partial charge in [0.05, 0.1) is 15.5 Å². The molecule has 1 atom stereocenters. The molecule has 0 unspecified atom stereocenters. The number of nitrogens with zero attached hydrogens (tertiary/aromatic N) is 1. The second kappa shape index (κ2) is 12.3. The van der Waals surface area contributed by atoms with Crippen LogP contribution in [0.5, 0.6) is 5.75 Å². The van der Waals surface area contributed by atoms with Gasteiger partial charge in [-0.3, -0.25) is 24.5 Å². The Morgan fingerprint density at radius 3 is 2.16 bits per heavy atom. The Balaban J connectivity index is 1.60. The van der Waals surface area contributed by atoms with Crippen molar-refractivity contribution in [2.75, 3.05) is 6.54 Å². The summed E-state index contributed by atoms with van der Waals surface area (Å²) in [5, 5.41) is 36.8. The fourth-order valence-corrected chi connectivity index (χ4v) is 3.53. The number of nitro groups is 1. The van der Waals surface area contributed by atoms with Crippen molar-refractivity contribution in [2.24, 2.45) is 0 Å². The van der Waals surface area contributed by atoms with E-state index in [9.17, 15) is 39.5 Å². The number of hydrogen-bond donors (Lipinski definition) is 5. The van der Waals surface area contributed by atoms with Crippen molar-refractivity contribution in [3.8, 4) is 5.75 Å². The maximum Gasteiger partial charge on any atom is 0.328 e. The van der Waals surface area contributed by atoms with E-state index in [4.69, 9.17) is 11.6 Å². The van der Waals surface area contributed by atoms with Gasteiger partial charge in [-0.05, 0) is 48.0 Å². The summed E-state index contributed by atoms with van der Waals surface area (Å²) in [5.74, 6) is -3.40. The molecule has 0 aromatic heterocycles. The Kier molecular flexibility index (Phi) is 8.95. The minimum absolute atomic E-state index is 0.0562. The van der Waals surface area contributed by atoms with Gasteiger partial charge in [0, 0.05) is 36.3 Å². The fourth-order valence-electron chi connectivity index (χ4n) is 3.26. The summed E-state index contributed by atoms with van der Waals surface area (Å²) in [4.78, 5) is 59.1. The number of carboxylic acids is 1. The second-order valence-corrected chi connectivity index (χ2v) is 8.33. The summed E-state index contributed by atoms with van der Waals surface area (Å²) in [7, 11) is 0. The van der Waals surface area contributed by atoms with Gasteiger partial charge in [-0.1, -0.05) is 23.7 Å². The van der Waals surface area contributed by atoms with Crippen molar-refractivity contribution in [1.29, 1.82) is 0 Å². The van der Waals surface area contributed by atoms with Crippen molar-refractivity contribution in [2.45, 2.75) is 12.6 Å². The average molecular weight is 541 g/mol. The first-order valence-corrected chi connectivity index (χ1v) is 11.3. The van der Waals surface area contributed by atoms with Crippen LogP contribution in [0.25, 0.3) is 0 Å². The molecule has 0 aliphatic carbocycles. The first-order valence-electron chi connectivity index (χ1n) is 11.0. The van der Waals surface area contributed by atoms with E-state index in [-0.39, 0.29) is 39.7 Å². The maximum absolute atomic E-state index is 12.7. The predicted molar refractivity (Wildman–Crippen MR) is 135 cm³/mol. The van der Waals surface area contributed by atoms with Gasteiger partial charge in [0.2, 0.25) is 0 Å². The number of halogens is 1. The summed E-state index contributed by atoms with van der Waals surface area (Å²) >= 11 is 6.17. The predicted octanol–water partition coefficient (Wildman–Crippen LogP) is 2.50. The molecule has 13 heteroatoms. The van der Waals surface area contributed by atoms with Crippen LogP contribution in [0, 0.1) is 10.1 Å².